The average molecular weight is 335 g/mol. The van der Waals surface area contributed by atoms with Gasteiger partial charge in [-0.05, 0) is 25.2 Å². The first-order valence-corrected chi connectivity index (χ1v) is 7.24. The van der Waals surface area contributed by atoms with E-state index in [9.17, 15) is 4.79 Å². The largest absolute Gasteiger partial charge is 0.348 e. The molecule has 7 heteroatoms. The van der Waals surface area contributed by atoms with Gasteiger partial charge >= 0.3 is 0 Å². The van der Waals surface area contributed by atoms with Gasteiger partial charge in [0.15, 0.2) is 0 Å². The number of carbonyl (C=O) groups excluding carboxylic acids is 1. The lowest BCUT2D eigenvalue weighted by Crippen LogP contribution is -2.43. The quantitative estimate of drug-likeness (QED) is 0.886. The van der Waals surface area contributed by atoms with Gasteiger partial charge in [0.25, 0.3) is 0 Å². The molecule has 2 heterocycles. The summed E-state index contributed by atoms with van der Waals surface area (Å²) in [5, 5.41) is 6.49. The normalized spacial score (nSPS) is 27.2. The Morgan fingerprint density at radius 1 is 1.43 bits per heavy atom. The number of carbonyl (C=O) groups is 1. The highest BCUT2D eigenvalue weighted by atomic mass is 35.5. The predicted octanol–water partition coefficient (Wildman–Crippen LogP) is 1.80. The number of rotatable bonds is 3. The molecule has 1 saturated carbocycles. The van der Waals surface area contributed by atoms with E-state index >= 15 is 0 Å². The lowest BCUT2D eigenvalue weighted by Gasteiger charge is -2.24. The number of halogens is 2. The Bertz CT molecular complexity index is 452. The van der Waals surface area contributed by atoms with Gasteiger partial charge in [-0.15, -0.1) is 24.8 Å². The van der Waals surface area contributed by atoms with Gasteiger partial charge in [-0.3, -0.25) is 4.79 Å². The smallest absolute Gasteiger partial charge is 0.237 e. The molecule has 120 valence electrons. The molecule has 3 unspecified atom stereocenters. The molecule has 0 aromatic carbocycles. The Hall–Kier alpha value is -0.780. The van der Waals surface area contributed by atoms with E-state index in [0.29, 0.717) is 18.5 Å². The summed E-state index contributed by atoms with van der Waals surface area (Å²) in [6.45, 7) is 0.510. The van der Waals surface area contributed by atoms with Gasteiger partial charge in [0, 0.05) is 25.5 Å². The maximum atomic E-state index is 12.2. The van der Waals surface area contributed by atoms with Crippen LogP contribution in [0.1, 0.15) is 37.9 Å². The molecule has 2 N–H and O–H groups in total. The topological polar surface area (TPSA) is 59.0 Å². The van der Waals surface area contributed by atoms with Gasteiger partial charge < -0.3 is 15.2 Å². The molecule has 3 atom stereocenters. The van der Waals surface area contributed by atoms with E-state index in [-0.39, 0.29) is 36.8 Å². The zero-order chi connectivity index (χ0) is 13.2. The Labute approximate surface area is 138 Å². The van der Waals surface area contributed by atoms with Gasteiger partial charge in [0.2, 0.25) is 5.91 Å². The maximum absolute atomic E-state index is 12.2. The van der Waals surface area contributed by atoms with Crippen LogP contribution < -0.4 is 10.6 Å². The van der Waals surface area contributed by atoms with Crippen LogP contribution in [-0.4, -0.2) is 27.5 Å². The highest BCUT2D eigenvalue weighted by molar-refractivity contribution is 5.85. The summed E-state index contributed by atoms with van der Waals surface area (Å²) in [6.07, 6.45) is 9.78. The van der Waals surface area contributed by atoms with Crippen molar-refractivity contribution >= 4 is 30.7 Å². The lowest BCUT2D eigenvalue weighted by molar-refractivity contribution is -0.123. The molecular formula is C14H24Cl2N4O. The van der Waals surface area contributed by atoms with E-state index in [1.54, 1.807) is 6.20 Å². The summed E-state index contributed by atoms with van der Waals surface area (Å²) in [6, 6.07) is 0.561. The second-order valence-corrected chi connectivity index (χ2v) is 5.78. The van der Waals surface area contributed by atoms with Gasteiger partial charge in [0.05, 0.1) is 12.6 Å². The minimum absolute atomic E-state index is 0. The zero-order valence-corrected chi connectivity index (χ0v) is 13.9. The molecule has 0 radical (unpaired) electrons. The predicted molar refractivity (Wildman–Crippen MR) is 86.8 cm³/mol. The molecule has 2 fully saturated rings. The van der Waals surface area contributed by atoms with Crippen molar-refractivity contribution in [3.05, 3.63) is 18.2 Å². The van der Waals surface area contributed by atoms with Crippen molar-refractivity contribution in [1.29, 1.82) is 0 Å². The summed E-state index contributed by atoms with van der Waals surface area (Å²) < 4.78 is 1.93. The number of amides is 1. The molecule has 1 aliphatic heterocycles. The lowest BCUT2D eigenvalue weighted by atomic mass is 9.85. The Morgan fingerprint density at radius 3 is 2.86 bits per heavy atom. The van der Waals surface area contributed by atoms with E-state index < -0.39 is 0 Å². The summed E-state index contributed by atoms with van der Waals surface area (Å²) in [7, 11) is 1.94. The van der Waals surface area contributed by atoms with Crippen LogP contribution in [0.4, 0.5) is 0 Å². The fraction of sp³-hybridized carbons (Fsp3) is 0.714. The van der Waals surface area contributed by atoms with Crippen molar-refractivity contribution in [2.75, 3.05) is 0 Å². The Morgan fingerprint density at radius 2 is 2.19 bits per heavy atom. The van der Waals surface area contributed by atoms with Crippen LogP contribution >= 0.6 is 24.8 Å². The molecular weight excluding hydrogens is 311 g/mol. The molecule has 0 bridgehead atoms. The molecule has 1 saturated heterocycles. The van der Waals surface area contributed by atoms with E-state index in [2.05, 4.69) is 15.6 Å². The van der Waals surface area contributed by atoms with Gasteiger partial charge in [0.1, 0.15) is 5.82 Å². The number of aromatic nitrogens is 2. The first-order valence-electron chi connectivity index (χ1n) is 7.24. The third kappa shape index (κ3) is 4.11. The van der Waals surface area contributed by atoms with Crippen LogP contribution in [-0.2, 0) is 18.4 Å². The second kappa shape index (κ2) is 8.01. The molecule has 1 aromatic rings. The van der Waals surface area contributed by atoms with E-state index in [4.69, 9.17) is 0 Å². The standard InChI is InChI=1S/C14H22N4O.2ClH/c1-18-7-6-15-13(18)9-16-14(19)12-8-10-4-2-3-5-11(10)17-12;;/h6-7,10-12,17H,2-5,8-9H2,1H3,(H,16,19);2*1H. The zero-order valence-electron chi connectivity index (χ0n) is 12.2. The Kier molecular flexibility index (Phi) is 6.97. The van der Waals surface area contributed by atoms with Crippen molar-refractivity contribution < 1.29 is 4.79 Å². The van der Waals surface area contributed by atoms with Crippen LogP contribution in [0.15, 0.2) is 12.4 Å². The summed E-state index contributed by atoms with van der Waals surface area (Å²) in [4.78, 5) is 16.4. The van der Waals surface area contributed by atoms with Crippen molar-refractivity contribution in [3.63, 3.8) is 0 Å². The van der Waals surface area contributed by atoms with Gasteiger partial charge in [-0.2, -0.15) is 0 Å². The van der Waals surface area contributed by atoms with Crippen molar-refractivity contribution in [3.8, 4) is 0 Å². The summed E-state index contributed by atoms with van der Waals surface area (Å²) in [5.41, 5.74) is 0. The third-order valence-corrected chi connectivity index (χ3v) is 4.52. The SMILES string of the molecule is Cl.Cl.Cn1ccnc1CNC(=O)C1CC2CCCCC2N1. The first kappa shape index (κ1) is 18.3. The highest BCUT2D eigenvalue weighted by Crippen LogP contribution is 2.33. The maximum Gasteiger partial charge on any atom is 0.237 e. The van der Waals surface area contributed by atoms with Crippen molar-refractivity contribution in [2.24, 2.45) is 13.0 Å². The molecule has 0 spiro atoms. The van der Waals surface area contributed by atoms with Gasteiger partial charge in [-0.25, -0.2) is 4.98 Å². The number of nitrogens with zero attached hydrogens (tertiary/aromatic N) is 2. The molecule has 1 aromatic heterocycles. The van der Waals surface area contributed by atoms with E-state index in [1.807, 2.05) is 17.8 Å². The fourth-order valence-corrected chi connectivity index (χ4v) is 3.38. The molecule has 5 nitrogen and oxygen atoms in total. The number of fused-ring (bicyclic) bond motifs is 1. The summed E-state index contributed by atoms with van der Waals surface area (Å²) in [5.74, 6) is 1.72. The number of hydrogen-bond acceptors (Lipinski definition) is 3. The fourth-order valence-electron chi connectivity index (χ4n) is 3.38. The van der Waals surface area contributed by atoms with Crippen LogP contribution in [0, 0.1) is 5.92 Å². The number of hydrogen-bond donors (Lipinski definition) is 2. The van der Waals surface area contributed by atoms with E-state index in [1.165, 1.54) is 25.7 Å². The van der Waals surface area contributed by atoms with E-state index in [0.717, 1.165) is 12.2 Å². The number of aryl methyl sites for hydroxylation is 1. The molecule has 21 heavy (non-hydrogen) atoms. The highest BCUT2D eigenvalue weighted by Gasteiger charge is 2.38. The molecule has 1 amide bonds. The van der Waals surface area contributed by atoms with Crippen molar-refractivity contribution in [2.45, 2.75) is 50.7 Å². The van der Waals surface area contributed by atoms with Crippen LogP contribution in [0.2, 0.25) is 0 Å². The minimum atomic E-state index is -0.00614. The van der Waals surface area contributed by atoms with Crippen molar-refractivity contribution in [1.82, 2.24) is 20.2 Å². The number of imidazole rings is 1. The van der Waals surface area contributed by atoms with Crippen LogP contribution in [0.5, 0.6) is 0 Å². The average Bonchev–Trinajstić information content (AvgIpc) is 3.01. The first-order chi connectivity index (χ1) is 9.24. The minimum Gasteiger partial charge on any atom is -0.348 e. The molecule has 3 rings (SSSR count). The van der Waals surface area contributed by atoms with Crippen LogP contribution in [0.25, 0.3) is 0 Å². The monoisotopic (exact) mass is 334 g/mol. The van der Waals surface area contributed by atoms with Crippen LogP contribution in [0.3, 0.4) is 0 Å². The third-order valence-electron chi connectivity index (χ3n) is 4.52. The molecule has 2 aliphatic rings. The van der Waals surface area contributed by atoms with Gasteiger partial charge in [-0.1, -0.05) is 12.8 Å². The summed E-state index contributed by atoms with van der Waals surface area (Å²) >= 11 is 0. The molecule has 1 aliphatic carbocycles. The number of nitrogens with one attached hydrogen (secondary N) is 2. The second-order valence-electron chi connectivity index (χ2n) is 5.78. The Balaban J connectivity index is 0.00000110.